The third kappa shape index (κ3) is 3.44. The minimum absolute atomic E-state index is 0.00970. The van der Waals surface area contributed by atoms with Gasteiger partial charge in [0, 0.05) is 13.1 Å². The molecule has 1 atom stereocenters. The number of carboxylic acid groups (broad SMARTS) is 1. The fourth-order valence-electron chi connectivity index (χ4n) is 2.90. The highest BCUT2D eigenvalue weighted by molar-refractivity contribution is 8.01. The molecule has 2 aliphatic heterocycles. The molecule has 138 valence electrons. The van der Waals surface area contributed by atoms with E-state index < -0.39 is 24.3 Å². The van der Waals surface area contributed by atoms with Gasteiger partial charge in [-0.15, -0.1) is 11.8 Å². The minimum Gasteiger partial charge on any atom is -0.534 e. The van der Waals surface area contributed by atoms with Crippen molar-refractivity contribution in [2.75, 3.05) is 26.0 Å². The lowest BCUT2D eigenvalue weighted by molar-refractivity contribution is -0.124. The maximum atomic E-state index is 12.1. The van der Waals surface area contributed by atoms with Gasteiger partial charge in [0.2, 0.25) is 5.91 Å². The number of hydrogen-bond acceptors (Lipinski definition) is 7. The van der Waals surface area contributed by atoms with Gasteiger partial charge < -0.3 is 24.8 Å². The van der Waals surface area contributed by atoms with Crippen LogP contribution in [0.25, 0.3) is 0 Å². The molecular weight excluding hydrogens is 363 g/mol. The van der Waals surface area contributed by atoms with Crippen molar-refractivity contribution in [3.8, 4) is 11.5 Å². The van der Waals surface area contributed by atoms with Crippen LogP contribution in [0, 0.1) is 0 Å². The van der Waals surface area contributed by atoms with Crippen LogP contribution in [-0.4, -0.2) is 71.2 Å². The number of thioether (sulfide) groups is 1. The van der Waals surface area contributed by atoms with Gasteiger partial charge in [-0.1, -0.05) is 6.07 Å². The van der Waals surface area contributed by atoms with Gasteiger partial charge in [0.25, 0.3) is 0 Å². The number of benzene rings is 1. The van der Waals surface area contributed by atoms with Crippen molar-refractivity contribution in [1.82, 2.24) is 10.2 Å². The quantitative estimate of drug-likeness (QED) is 0.610. The molecule has 1 saturated heterocycles. The zero-order chi connectivity index (χ0) is 18.8. The van der Waals surface area contributed by atoms with Crippen molar-refractivity contribution < 1.29 is 33.9 Å². The van der Waals surface area contributed by atoms with E-state index in [0.717, 1.165) is 4.90 Å². The van der Waals surface area contributed by atoms with Gasteiger partial charge in [0.05, 0.1) is 18.0 Å². The number of carboxylic acids is 1. The van der Waals surface area contributed by atoms with Crippen molar-refractivity contribution in [3.63, 3.8) is 0 Å². The van der Waals surface area contributed by atoms with Gasteiger partial charge in [-0.2, -0.15) is 0 Å². The molecule has 0 aromatic heterocycles. The highest BCUT2D eigenvalue weighted by Crippen LogP contribution is 2.38. The number of rotatable bonds is 5. The zero-order valence-corrected chi connectivity index (χ0v) is 14.7. The molecule has 11 heteroatoms. The molecule has 0 aliphatic carbocycles. The van der Waals surface area contributed by atoms with Gasteiger partial charge in [0.15, 0.2) is 0 Å². The van der Waals surface area contributed by atoms with Crippen molar-refractivity contribution in [2.24, 2.45) is 0 Å². The minimum atomic E-state index is -1.28. The van der Waals surface area contributed by atoms with Crippen LogP contribution in [0.2, 0.25) is 0 Å². The topological polar surface area (TPSA) is 125 Å². The molecule has 1 aromatic rings. The van der Waals surface area contributed by atoms with Crippen molar-refractivity contribution in [3.05, 3.63) is 23.3 Å². The summed E-state index contributed by atoms with van der Waals surface area (Å²) in [6, 6.07) is 2.79. The Morgan fingerprint density at radius 2 is 2.27 bits per heavy atom. The molecule has 0 bridgehead atoms. The summed E-state index contributed by atoms with van der Waals surface area (Å²) < 4.78 is 10.5. The second-order valence-corrected chi connectivity index (χ2v) is 7.00. The summed E-state index contributed by atoms with van der Waals surface area (Å²) in [5.41, 5.74) is 0.467. The number of carbonyl (C=O) groups excluding carboxylic acids is 2. The van der Waals surface area contributed by atoms with Crippen molar-refractivity contribution in [1.29, 1.82) is 0 Å². The molecule has 2 heterocycles. The summed E-state index contributed by atoms with van der Waals surface area (Å²) in [7, 11) is 0.0737. The Morgan fingerprint density at radius 3 is 2.88 bits per heavy atom. The van der Waals surface area contributed by atoms with Crippen LogP contribution in [0.15, 0.2) is 12.1 Å². The number of imide groups is 1. The van der Waals surface area contributed by atoms with E-state index in [1.54, 1.807) is 6.07 Å². The van der Waals surface area contributed by atoms with E-state index in [-0.39, 0.29) is 28.7 Å². The van der Waals surface area contributed by atoms with E-state index >= 15 is 0 Å². The molecule has 26 heavy (non-hydrogen) atoms. The number of aromatic carboxylic acids is 1. The maximum absolute atomic E-state index is 12.1. The summed E-state index contributed by atoms with van der Waals surface area (Å²) in [4.78, 5) is 36.2. The third-order valence-electron chi connectivity index (χ3n) is 4.19. The molecule has 1 aromatic carbocycles. The van der Waals surface area contributed by atoms with Gasteiger partial charge >= 0.3 is 19.1 Å². The van der Waals surface area contributed by atoms with Gasteiger partial charge in [-0.05, 0) is 18.1 Å². The van der Waals surface area contributed by atoms with E-state index in [2.05, 4.69) is 5.32 Å². The Bertz CT molecular complexity index is 760. The molecule has 3 N–H and O–H groups in total. The summed E-state index contributed by atoms with van der Waals surface area (Å²) >= 11 is 1.17. The predicted octanol–water partition coefficient (Wildman–Crippen LogP) is 0.00160. The average molecular weight is 380 g/mol. The molecule has 0 spiro atoms. The highest BCUT2D eigenvalue weighted by Gasteiger charge is 2.39. The number of ether oxygens (including phenoxy) is 1. The number of urea groups is 1. The first kappa shape index (κ1) is 18.4. The molecular formula is C15H17BN2O7S. The lowest BCUT2D eigenvalue weighted by atomic mass is 9.77. The van der Waals surface area contributed by atoms with Crippen LogP contribution in [0.1, 0.15) is 15.9 Å². The lowest BCUT2D eigenvalue weighted by Gasteiger charge is -2.28. The average Bonchev–Trinajstić information content (AvgIpc) is 3.04. The van der Waals surface area contributed by atoms with Crippen LogP contribution in [0.5, 0.6) is 11.5 Å². The van der Waals surface area contributed by atoms with Crippen LogP contribution in [0.3, 0.4) is 0 Å². The van der Waals surface area contributed by atoms with Crippen LogP contribution < -0.4 is 14.7 Å². The highest BCUT2D eigenvalue weighted by atomic mass is 32.2. The van der Waals surface area contributed by atoms with Crippen molar-refractivity contribution in [2.45, 2.75) is 11.6 Å². The number of amides is 3. The zero-order valence-electron chi connectivity index (χ0n) is 13.9. The molecule has 1 fully saturated rings. The van der Waals surface area contributed by atoms with E-state index in [1.807, 2.05) is 0 Å². The predicted molar refractivity (Wildman–Crippen MR) is 93.6 cm³/mol. The second kappa shape index (κ2) is 7.46. The van der Waals surface area contributed by atoms with Crippen LogP contribution >= 0.6 is 11.8 Å². The summed E-state index contributed by atoms with van der Waals surface area (Å²) in [6.45, 7) is 0.754. The van der Waals surface area contributed by atoms with E-state index in [9.17, 15) is 24.5 Å². The Kier molecular flexibility index (Phi) is 5.28. The van der Waals surface area contributed by atoms with Crippen LogP contribution in [-0.2, 0) is 11.2 Å². The fraction of sp³-hybridized carbons (Fsp3) is 0.400. The summed E-state index contributed by atoms with van der Waals surface area (Å²) in [5, 5.41) is 21.7. The van der Waals surface area contributed by atoms with Gasteiger partial charge in [-0.25, -0.2) is 9.59 Å². The number of fused-ring (bicyclic) bond motifs is 1. The molecule has 1 unspecified atom stereocenters. The fourth-order valence-corrected chi connectivity index (χ4v) is 3.93. The van der Waals surface area contributed by atoms with Crippen molar-refractivity contribution >= 4 is 36.8 Å². The Labute approximate surface area is 153 Å². The Balaban J connectivity index is 1.72. The molecule has 3 amide bonds. The smallest absolute Gasteiger partial charge is 0.534 e. The molecule has 2 aliphatic rings. The Morgan fingerprint density at radius 1 is 1.50 bits per heavy atom. The van der Waals surface area contributed by atoms with E-state index in [0.29, 0.717) is 25.1 Å². The number of methoxy groups -OCH3 is 1. The number of nitrogens with one attached hydrogen (secondary N) is 1. The van der Waals surface area contributed by atoms with E-state index in [1.165, 1.54) is 24.9 Å². The van der Waals surface area contributed by atoms with Gasteiger partial charge in [0.1, 0.15) is 17.1 Å². The lowest BCUT2D eigenvalue weighted by Crippen LogP contribution is -2.42. The molecule has 0 radical (unpaired) electrons. The first-order chi connectivity index (χ1) is 12.4. The summed E-state index contributed by atoms with van der Waals surface area (Å²) in [5.74, 6) is -1.33. The molecule has 9 nitrogen and oxygen atoms in total. The standard InChI is InChI=1S/C15H17BN2O7S/c1-24-9-3-2-8-6-10(16(23)25-13(8)12(9)14(20)21)26-7-11(19)18-5-4-17-15(18)22/h2-3,10,23H,4-7H2,1H3,(H,17,22)(H,20,21). The maximum Gasteiger partial charge on any atom is 0.536 e. The number of carbonyl (C=O) groups is 3. The monoisotopic (exact) mass is 380 g/mol. The van der Waals surface area contributed by atoms with Crippen LogP contribution in [0.4, 0.5) is 4.79 Å². The Hall–Kier alpha value is -2.40. The number of nitrogens with zero attached hydrogens (tertiary/aromatic N) is 1. The normalized spacial score (nSPS) is 18.8. The third-order valence-corrected chi connectivity index (χ3v) is 5.43. The second-order valence-electron chi connectivity index (χ2n) is 5.78. The van der Waals surface area contributed by atoms with E-state index in [4.69, 9.17) is 9.39 Å². The number of hydrogen-bond donors (Lipinski definition) is 3. The largest absolute Gasteiger partial charge is 0.536 e. The first-order valence-corrected chi connectivity index (χ1v) is 8.95. The van der Waals surface area contributed by atoms with Gasteiger partial charge in [-0.3, -0.25) is 9.69 Å². The summed E-state index contributed by atoms with van der Waals surface area (Å²) in [6.07, 6.45) is 0.324. The molecule has 0 saturated carbocycles. The first-order valence-electron chi connectivity index (χ1n) is 7.90. The SMILES string of the molecule is COc1ccc2c(c1C(=O)O)OB(O)C(SCC(=O)N1CCNC1=O)C2. The molecule has 3 rings (SSSR count).